The van der Waals surface area contributed by atoms with Gasteiger partial charge in [-0.25, -0.2) is 5.43 Å². The molecule has 2 amide bonds. The first-order valence-electron chi connectivity index (χ1n) is 8.59. The molecule has 0 aliphatic heterocycles. The first-order chi connectivity index (χ1) is 13.4. The summed E-state index contributed by atoms with van der Waals surface area (Å²) in [6.07, 6.45) is 2.53. The van der Waals surface area contributed by atoms with E-state index in [0.29, 0.717) is 18.5 Å². The van der Waals surface area contributed by atoms with E-state index in [2.05, 4.69) is 15.8 Å². The van der Waals surface area contributed by atoms with Gasteiger partial charge in [0.15, 0.2) is 5.75 Å². The number of amides is 2. The Balaban J connectivity index is 2.06. The van der Waals surface area contributed by atoms with Crippen molar-refractivity contribution in [3.05, 3.63) is 63.2 Å². The Kier molecular flexibility index (Phi) is 6.80. The van der Waals surface area contributed by atoms with E-state index in [0.717, 1.165) is 29.5 Å². The Labute approximate surface area is 161 Å². The average Bonchev–Trinajstić information content (AvgIpc) is 2.68. The van der Waals surface area contributed by atoms with Crippen molar-refractivity contribution in [1.82, 2.24) is 5.43 Å². The first-order valence-corrected chi connectivity index (χ1v) is 8.59. The molecule has 0 aliphatic rings. The maximum atomic E-state index is 12.2. The normalized spacial score (nSPS) is 10.6. The lowest BCUT2D eigenvalue weighted by molar-refractivity contribution is -0.385. The van der Waals surface area contributed by atoms with Crippen molar-refractivity contribution < 1.29 is 19.6 Å². The smallest absolute Gasteiger partial charge is 0.329 e. The van der Waals surface area contributed by atoms with Crippen LogP contribution in [0.3, 0.4) is 0 Å². The molecule has 0 atom stereocenters. The third-order valence-electron chi connectivity index (χ3n) is 4.02. The van der Waals surface area contributed by atoms with Crippen LogP contribution >= 0.6 is 0 Å². The molecule has 0 aliphatic carbocycles. The average molecular weight is 384 g/mol. The molecule has 3 N–H and O–H groups in total. The van der Waals surface area contributed by atoms with Crippen molar-refractivity contribution in [1.29, 1.82) is 0 Å². The SMILES string of the molecule is CCc1cccc(CC)c1NC(=O)C(=O)N/N=C\c1ccc(O)c([N+](=O)[O-])c1. The van der Waals surface area contributed by atoms with E-state index in [-0.39, 0.29) is 5.56 Å². The minimum atomic E-state index is -0.975. The Morgan fingerprint density at radius 1 is 1.14 bits per heavy atom. The van der Waals surface area contributed by atoms with Gasteiger partial charge in [-0.3, -0.25) is 19.7 Å². The molecule has 0 fully saturated rings. The van der Waals surface area contributed by atoms with Crippen molar-refractivity contribution in [3.63, 3.8) is 0 Å². The number of para-hydroxylation sites is 1. The van der Waals surface area contributed by atoms with Crippen molar-refractivity contribution in [3.8, 4) is 5.75 Å². The fraction of sp³-hybridized carbons (Fsp3) is 0.211. The van der Waals surface area contributed by atoms with E-state index in [9.17, 15) is 24.8 Å². The van der Waals surface area contributed by atoms with Gasteiger partial charge in [0.25, 0.3) is 0 Å². The highest BCUT2D eigenvalue weighted by Gasteiger charge is 2.17. The monoisotopic (exact) mass is 384 g/mol. The topological polar surface area (TPSA) is 134 Å². The van der Waals surface area contributed by atoms with E-state index in [4.69, 9.17) is 0 Å². The number of aromatic hydroxyl groups is 1. The molecule has 28 heavy (non-hydrogen) atoms. The number of nitrogens with zero attached hydrogens (tertiary/aromatic N) is 2. The Bertz CT molecular complexity index is 918. The van der Waals surface area contributed by atoms with Crippen molar-refractivity contribution in [2.75, 3.05) is 5.32 Å². The number of nitro groups is 1. The minimum absolute atomic E-state index is 0.273. The summed E-state index contributed by atoms with van der Waals surface area (Å²) in [6, 6.07) is 9.26. The van der Waals surface area contributed by atoms with Gasteiger partial charge in [-0.05, 0) is 36.1 Å². The van der Waals surface area contributed by atoms with E-state index in [1.807, 2.05) is 32.0 Å². The summed E-state index contributed by atoms with van der Waals surface area (Å²) >= 11 is 0. The van der Waals surface area contributed by atoms with Crippen molar-refractivity contribution in [2.45, 2.75) is 26.7 Å². The number of nitro benzene ring substituents is 1. The number of phenolic OH excluding ortho intramolecular Hbond substituents is 1. The Hall–Kier alpha value is -3.75. The van der Waals surface area contributed by atoms with Crippen LogP contribution in [0, 0.1) is 10.1 Å². The molecule has 0 unspecified atom stereocenters. The maximum Gasteiger partial charge on any atom is 0.329 e. The number of hydrogen-bond donors (Lipinski definition) is 3. The maximum absolute atomic E-state index is 12.2. The van der Waals surface area contributed by atoms with Gasteiger partial charge >= 0.3 is 17.5 Å². The second-order valence-corrected chi connectivity index (χ2v) is 5.82. The zero-order valence-corrected chi connectivity index (χ0v) is 15.4. The molecule has 0 saturated heterocycles. The van der Waals surface area contributed by atoms with Gasteiger partial charge in [0, 0.05) is 17.3 Å². The molecule has 2 aromatic rings. The van der Waals surface area contributed by atoms with E-state index in [1.54, 1.807) is 0 Å². The number of hydrogen-bond acceptors (Lipinski definition) is 6. The summed E-state index contributed by atoms with van der Waals surface area (Å²) in [7, 11) is 0. The van der Waals surface area contributed by atoms with E-state index < -0.39 is 28.2 Å². The molecular weight excluding hydrogens is 364 g/mol. The zero-order chi connectivity index (χ0) is 20.7. The lowest BCUT2D eigenvalue weighted by Gasteiger charge is -2.13. The van der Waals surface area contributed by atoms with Gasteiger partial charge in [0.05, 0.1) is 11.1 Å². The van der Waals surface area contributed by atoms with E-state index >= 15 is 0 Å². The molecular formula is C19H20N4O5. The van der Waals surface area contributed by atoms with Crippen LogP contribution in [0.1, 0.15) is 30.5 Å². The highest BCUT2D eigenvalue weighted by Crippen LogP contribution is 2.25. The molecule has 9 nitrogen and oxygen atoms in total. The third-order valence-corrected chi connectivity index (χ3v) is 4.02. The number of rotatable bonds is 6. The van der Waals surface area contributed by atoms with Gasteiger partial charge in [0.2, 0.25) is 0 Å². The number of nitrogens with one attached hydrogen (secondary N) is 2. The molecule has 0 radical (unpaired) electrons. The summed E-state index contributed by atoms with van der Waals surface area (Å²) in [5, 5.41) is 26.5. The first kappa shape index (κ1) is 20.6. The zero-order valence-electron chi connectivity index (χ0n) is 15.4. The van der Waals surface area contributed by atoms with Crippen molar-refractivity contribution in [2.24, 2.45) is 5.10 Å². The van der Waals surface area contributed by atoms with Gasteiger partial charge in [0.1, 0.15) is 0 Å². The molecule has 146 valence electrons. The molecule has 0 spiro atoms. The molecule has 0 aromatic heterocycles. The number of carbonyl (C=O) groups excluding carboxylic acids is 2. The molecule has 2 rings (SSSR count). The molecule has 2 aromatic carbocycles. The predicted molar refractivity (Wildman–Crippen MR) is 104 cm³/mol. The minimum Gasteiger partial charge on any atom is -0.502 e. The van der Waals surface area contributed by atoms with Gasteiger partial charge in [-0.2, -0.15) is 5.10 Å². The lowest BCUT2D eigenvalue weighted by atomic mass is 10.0. The number of aryl methyl sites for hydroxylation is 2. The van der Waals surface area contributed by atoms with Crippen LogP contribution in [0.25, 0.3) is 0 Å². The molecule has 9 heteroatoms. The van der Waals surface area contributed by atoms with Crippen molar-refractivity contribution >= 4 is 29.4 Å². The third kappa shape index (κ3) is 4.91. The summed E-state index contributed by atoms with van der Waals surface area (Å²) in [5.41, 5.74) is 4.31. The number of anilines is 1. The second kappa shape index (κ2) is 9.26. The van der Waals surface area contributed by atoms with E-state index in [1.165, 1.54) is 6.07 Å². The van der Waals surface area contributed by atoms with Gasteiger partial charge in [-0.15, -0.1) is 0 Å². The number of hydrazone groups is 1. The fourth-order valence-corrected chi connectivity index (χ4v) is 2.56. The van der Waals surface area contributed by atoms with Crippen LogP contribution in [0.4, 0.5) is 11.4 Å². The summed E-state index contributed by atoms with van der Waals surface area (Å²) in [4.78, 5) is 34.2. The number of phenols is 1. The Morgan fingerprint density at radius 2 is 1.79 bits per heavy atom. The molecule has 0 saturated carbocycles. The summed E-state index contributed by atoms with van der Waals surface area (Å²) < 4.78 is 0. The van der Waals surface area contributed by atoms with Gasteiger partial charge < -0.3 is 10.4 Å². The predicted octanol–water partition coefficient (Wildman–Crippen LogP) is 2.51. The summed E-state index contributed by atoms with van der Waals surface area (Å²) in [5.74, 6) is -2.33. The largest absolute Gasteiger partial charge is 0.502 e. The van der Waals surface area contributed by atoms with Crippen LogP contribution < -0.4 is 10.7 Å². The highest BCUT2D eigenvalue weighted by atomic mass is 16.6. The second-order valence-electron chi connectivity index (χ2n) is 5.82. The van der Waals surface area contributed by atoms with Crippen LogP contribution in [0.15, 0.2) is 41.5 Å². The van der Waals surface area contributed by atoms with Crippen LogP contribution in [-0.2, 0) is 22.4 Å². The lowest BCUT2D eigenvalue weighted by Crippen LogP contribution is -2.33. The highest BCUT2D eigenvalue weighted by molar-refractivity contribution is 6.39. The molecule has 0 bridgehead atoms. The fourth-order valence-electron chi connectivity index (χ4n) is 2.56. The van der Waals surface area contributed by atoms with Crippen LogP contribution in [-0.4, -0.2) is 28.1 Å². The number of benzene rings is 2. The number of carbonyl (C=O) groups is 2. The van der Waals surface area contributed by atoms with Crippen LogP contribution in [0.2, 0.25) is 0 Å². The Morgan fingerprint density at radius 3 is 2.36 bits per heavy atom. The van der Waals surface area contributed by atoms with Gasteiger partial charge in [-0.1, -0.05) is 32.0 Å². The summed E-state index contributed by atoms with van der Waals surface area (Å²) in [6.45, 7) is 3.90. The molecule has 0 heterocycles. The van der Waals surface area contributed by atoms with Crippen LogP contribution in [0.5, 0.6) is 5.75 Å². The standard InChI is InChI=1S/C19H20N4O5/c1-3-13-6-5-7-14(4-2)17(13)21-18(25)19(26)22-20-11-12-8-9-16(24)15(10-12)23(27)28/h5-11,24H,3-4H2,1-2H3,(H,21,25)(H,22,26)/b20-11-. The quantitative estimate of drug-likeness (QED) is 0.304.